The fourth-order valence-corrected chi connectivity index (χ4v) is 1.67. The second kappa shape index (κ2) is 7.10. The molecule has 1 rings (SSSR count). The van der Waals surface area contributed by atoms with Gasteiger partial charge < -0.3 is 5.32 Å². The summed E-state index contributed by atoms with van der Waals surface area (Å²) in [5.41, 5.74) is 0.164. The van der Waals surface area contributed by atoms with Crippen molar-refractivity contribution in [2.45, 2.75) is 6.42 Å². The molecule has 0 saturated heterocycles. The summed E-state index contributed by atoms with van der Waals surface area (Å²) >= 11 is 11.4. The molecule has 4 nitrogen and oxygen atoms in total. The van der Waals surface area contributed by atoms with E-state index >= 15 is 0 Å². The van der Waals surface area contributed by atoms with Crippen molar-refractivity contribution in [2.75, 3.05) is 12.4 Å². The van der Waals surface area contributed by atoms with Gasteiger partial charge in [-0.1, -0.05) is 11.6 Å². The number of alkyl halides is 1. The summed E-state index contributed by atoms with van der Waals surface area (Å²) in [7, 11) is 0. The zero-order chi connectivity index (χ0) is 12.7. The normalized spacial score (nSPS) is 11.6. The maximum Gasteiger partial charge on any atom is 0.271 e. The third-order valence-electron chi connectivity index (χ3n) is 2.12. The SMILES string of the molecule is N#CC(CCCl)CNC(=O)c1ncccc1Cl. The van der Waals surface area contributed by atoms with Gasteiger partial charge in [0.25, 0.3) is 5.91 Å². The van der Waals surface area contributed by atoms with Gasteiger partial charge in [0.05, 0.1) is 17.0 Å². The lowest BCUT2D eigenvalue weighted by molar-refractivity contribution is 0.0945. The largest absolute Gasteiger partial charge is 0.349 e. The standard InChI is InChI=1S/C11H11Cl2N3O/c12-4-3-8(6-14)7-16-11(17)10-9(13)2-1-5-15-10/h1-2,5,8H,3-4,7H2,(H,16,17). The number of nitrogens with zero attached hydrogens (tertiary/aromatic N) is 2. The summed E-state index contributed by atoms with van der Waals surface area (Å²) in [5, 5.41) is 11.7. The fourth-order valence-electron chi connectivity index (χ4n) is 1.20. The van der Waals surface area contributed by atoms with Gasteiger partial charge in [0, 0.05) is 18.6 Å². The maximum atomic E-state index is 11.7. The van der Waals surface area contributed by atoms with E-state index in [9.17, 15) is 4.79 Å². The van der Waals surface area contributed by atoms with E-state index in [1.54, 1.807) is 12.1 Å². The molecule has 1 aromatic heterocycles. The quantitative estimate of drug-likeness (QED) is 0.836. The van der Waals surface area contributed by atoms with Gasteiger partial charge in [-0.25, -0.2) is 4.98 Å². The molecule has 17 heavy (non-hydrogen) atoms. The number of amides is 1. The van der Waals surface area contributed by atoms with Gasteiger partial charge in [-0.3, -0.25) is 4.79 Å². The Balaban J connectivity index is 2.56. The number of hydrogen-bond acceptors (Lipinski definition) is 3. The van der Waals surface area contributed by atoms with Crippen LogP contribution < -0.4 is 5.32 Å². The lowest BCUT2D eigenvalue weighted by Gasteiger charge is -2.09. The summed E-state index contributed by atoms with van der Waals surface area (Å²) < 4.78 is 0. The molecule has 0 aliphatic carbocycles. The molecule has 1 heterocycles. The minimum atomic E-state index is -0.384. The zero-order valence-corrected chi connectivity index (χ0v) is 10.5. The molecule has 90 valence electrons. The van der Waals surface area contributed by atoms with E-state index in [0.717, 1.165) is 0 Å². The molecule has 0 aliphatic rings. The monoisotopic (exact) mass is 271 g/mol. The van der Waals surface area contributed by atoms with Gasteiger partial charge in [0.15, 0.2) is 0 Å². The highest BCUT2D eigenvalue weighted by Crippen LogP contribution is 2.12. The number of aromatic nitrogens is 1. The van der Waals surface area contributed by atoms with Crippen LogP contribution in [-0.4, -0.2) is 23.3 Å². The Morgan fingerprint density at radius 2 is 2.41 bits per heavy atom. The fraction of sp³-hybridized carbons (Fsp3) is 0.364. The molecular formula is C11H11Cl2N3O. The van der Waals surface area contributed by atoms with Crippen LogP contribution in [0.5, 0.6) is 0 Å². The van der Waals surface area contributed by atoms with Crippen LogP contribution in [0.4, 0.5) is 0 Å². The molecule has 0 saturated carbocycles. The average Bonchev–Trinajstić information content (AvgIpc) is 2.34. The minimum Gasteiger partial charge on any atom is -0.349 e. The van der Waals surface area contributed by atoms with Gasteiger partial charge in [-0.15, -0.1) is 11.6 Å². The Bertz CT molecular complexity index is 431. The molecule has 1 unspecified atom stereocenters. The van der Waals surface area contributed by atoms with Crippen molar-refractivity contribution in [3.05, 3.63) is 29.0 Å². The minimum absolute atomic E-state index is 0.164. The van der Waals surface area contributed by atoms with Gasteiger partial charge in [0.2, 0.25) is 0 Å². The molecule has 0 aromatic carbocycles. The van der Waals surface area contributed by atoms with Crippen LogP contribution in [0.25, 0.3) is 0 Å². The number of halogens is 2. The van der Waals surface area contributed by atoms with Gasteiger partial charge in [-0.2, -0.15) is 5.26 Å². The molecule has 0 fully saturated rings. The van der Waals surface area contributed by atoms with Crippen LogP contribution in [0.15, 0.2) is 18.3 Å². The van der Waals surface area contributed by atoms with Crippen LogP contribution in [0.2, 0.25) is 5.02 Å². The predicted molar refractivity (Wildman–Crippen MR) is 66.0 cm³/mol. The lowest BCUT2D eigenvalue weighted by Crippen LogP contribution is -2.29. The van der Waals surface area contributed by atoms with Crippen LogP contribution in [0.1, 0.15) is 16.9 Å². The Morgan fingerprint density at radius 3 is 3.00 bits per heavy atom. The van der Waals surface area contributed by atoms with E-state index in [4.69, 9.17) is 28.5 Å². The number of nitrogens with one attached hydrogen (secondary N) is 1. The van der Waals surface area contributed by atoms with Crippen molar-refractivity contribution in [2.24, 2.45) is 5.92 Å². The molecule has 6 heteroatoms. The third kappa shape index (κ3) is 4.22. The first-order chi connectivity index (χ1) is 8.19. The maximum absolute atomic E-state index is 11.7. The molecule has 1 amide bonds. The lowest BCUT2D eigenvalue weighted by atomic mass is 10.1. The van der Waals surface area contributed by atoms with E-state index in [-0.39, 0.29) is 29.1 Å². The highest BCUT2D eigenvalue weighted by atomic mass is 35.5. The van der Waals surface area contributed by atoms with Crippen molar-refractivity contribution in [1.82, 2.24) is 10.3 Å². The predicted octanol–water partition coefficient (Wildman–Crippen LogP) is 2.23. The van der Waals surface area contributed by atoms with E-state index in [0.29, 0.717) is 12.3 Å². The molecule has 1 atom stereocenters. The number of rotatable bonds is 5. The van der Waals surface area contributed by atoms with Gasteiger partial charge in [0.1, 0.15) is 5.69 Å². The van der Waals surface area contributed by atoms with Gasteiger partial charge >= 0.3 is 0 Å². The number of nitriles is 1. The van der Waals surface area contributed by atoms with Gasteiger partial charge in [-0.05, 0) is 18.6 Å². The molecule has 0 aliphatic heterocycles. The second-order valence-electron chi connectivity index (χ2n) is 3.35. The Kier molecular flexibility index (Phi) is 5.75. The summed E-state index contributed by atoms with van der Waals surface area (Å²) in [4.78, 5) is 15.6. The molecule has 0 bridgehead atoms. The molecular weight excluding hydrogens is 261 g/mol. The first kappa shape index (κ1) is 13.8. The summed E-state index contributed by atoms with van der Waals surface area (Å²) in [6, 6.07) is 5.30. The number of hydrogen-bond donors (Lipinski definition) is 1. The van der Waals surface area contributed by atoms with Crippen LogP contribution >= 0.6 is 23.2 Å². The highest BCUT2D eigenvalue weighted by Gasteiger charge is 2.13. The number of carbonyl (C=O) groups excluding carboxylic acids is 1. The van der Waals surface area contributed by atoms with E-state index in [1.165, 1.54) is 6.20 Å². The summed E-state index contributed by atoms with van der Waals surface area (Å²) in [6.45, 7) is 0.245. The van der Waals surface area contributed by atoms with Crippen molar-refractivity contribution < 1.29 is 4.79 Å². The Labute approximate surface area is 110 Å². The highest BCUT2D eigenvalue weighted by molar-refractivity contribution is 6.33. The van der Waals surface area contributed by atoms with Crippen LogP contribution in [0.3, 0.4) is 0 Å². The average molecular weight is 272 g/mol. The van der Waals surface area contributed by atoms with Crippen LogP contribution in [-0.2, 0) is 0 Å². The van der Waals surface area contributed by atoms with E-state index < -0.39 is 0 Å². The first-order valence-electron chi connectivity index (χ1n) is 5.03. The third-order valence-corrected chi connectivity index (χ3v) is 2.65. The van der Waals surface area contributed by atoms with Crippen molar-refractivity contribution in [1.29, 1.82) is 5.26 Å². The topological polar surface area (TPSA) is 65.8 Å². The Hall–Kier alpha value is -1.31. The molecule has 0 radical (unpaired) electrons. The molecule has 1 N–H and O–H groups in total. The molecule has 1 aromatic rings. The summed E-state index contributed by atoms with van der Waals surface area (Å²) in [6.07, 6.45) is 2.02. The van der Waals surface area contributed by atoms with Crippen molar-refractivity contribution in [3.8, 4) is 6.07 Å². The number of pyridine rings is 1. The smallest absolute Gasteiger partial charge is 0.271 e. The first-order valence-corrected chi connectivity index (χ1v) is 5.94. The van der Waals surface area contributed by atoms with E-state index in [1.807, 2.05) is 0 Å². The molecule has 0 spiro atoms. The Morgan fingerprint density at radius 1 is 1.65 bits per heavy atom. The summed E-state index contributed by atoms with van der Waals surface area (Å²) in [5.74, 6) is -0.289. The zero-order valence-electron chi connectivity index (χ0n) is 8.99. The van der Waals surface area contributed by atoms with Crippen molar-refractivity contribution >= 4 is 29.1 Å². The second-order valence-corrected chi connectivity index (χ2v) is 4.13. The van der Waals surface area contributed by atoms with Crippen molar-refractivity contribution in [3.63, 3.8) is 0 Å². The van der Waals surface area contributed by atoms with Crippen LogP contribution in [0, 0.1) is 17.2 Å². The number of carbonyl (C=O) groups is 1. The van der Waals surface area contributed by atoms with E-state index in [2.05, 4.69) is 16.4 Å².